The van der Waals surface area contributed by atoms with E-state index in [0.29, 0.717) is 15.0 Å². The van der Waals surface area contributed by atoms with E-state index in [-0.39, 0.29) is 16.5 Å². The summed E-state index contributed by atoms with van der Waals surface area (Å²) in [6, 6.07) is 1.95. The first-order valence-electron chi connectivity index (χ1n) is 7.61. The number of rotatable bonds is 4. The van der Waals surface area contributed by atoms with Gasteiger partial charge >= 0.3 is 6.18 Å². The number of nitrogens with one attached hydrogen (secondary N) is 1. The fourth-order valence-corrected chi connectivity index (χ4v) is 3.37. The van der Waals surface area contributed by atoms with E-state index in [9.17, 15) is 30.8 Å². The Morgan fingerprint density at radius 1 is 1.25 bits per heavy atom. The molecule has 150 valence electrons. The lowest BCUT2D eigenvalue weighted by molar-refractivity contribution is -0.142. The molecule has 0 aliphatic carbocycles. The lowest BCUT2D eigenvalue weighted by Gasteiger charge is -2.15. The Morgan fingerprint density at radius 2 is 1.93 bits per heavy atom. The topological polar surface area (TPSA) is 85.5 Å². The Bertz CT molecular complexity index is 1230. The summed E-state index contributed by atoms with van der Waals surface area (Å²) in [4.78, 5) is 16.1. The lowest BCUT2D eigenvalue weighted by Crippen LogP contribution is -2.26. The van der Waals surface area contributed by atoms with Gasteiger partial charge in [-0.3, -0.25) is 13.9 Å². The molecular formula is C15H11ClF4N4O3S. The minimum absolute atomic E-state index is 0.239. The van der Waals surface area contributed by atoms with Gasteiger partial charge in [-0.25, -0.2) is 22.4 Å². The van der Waals surface area contributed by atoms with E-state index in [1.54, 1.807) is 0 Å². The number of hydrogen-bond acceptors (Lipinski definition) is 4. The zero-order chi connectivity index (χ0) is 20.9. The number of nitrogens with zero attached hydrogens (tertiary/aromatic N) is 3. The van der Waals surface area contributed by atoms with Gasteiger partial charge in [-0.05, 0) is 19.1 Å². The molecule has 1 N–H and O–H groups in total. The van der Waals surface area contributed by atoms with E-state index in [1.807, 2.05) is 0 Å². The molecule has 3 rings (SSSR count). The molecule has 0 unspecified atom stereocenters. The van der Waals surface area contributed by atoms with Crippen LogP contribution in [-0.2, 0) is 16.2 Å². The molecule has 1 aromatic carbocycles. The molecule has 0 amide bonds. The summed E-state index contributed by atoms with van der Waals surface area (Å²) in [5.74, 6) is -1.87. The molecule has 0 aliphatic rings. The Morgan fingerprint density at radius 3 is 2.54 bits per heavy atom. The Balaban J connectivity index is 2.31. The summed E-state index contributed by atoms with van der Waals surface area (Å²) in [5, 5.41) is -0.294. The predicted molar refractivity (Wildman–Crippen MR) is 93.8 cm³/mol. The van der Waals surface area contributed by atoms with Gasteiger partial charge in [0.1, 0.15) is 11.5 Å². The number of fused-ring (bicyclic) bond motifs is 1. The van der Waals surface area contributed by atoms with E-state index < -0.39 is 44.7 Å². The van der Waals surface area contributed by atoms with Gasteiger partial charge in [-0.15, -0.1) is 0 Å². The lowest BCUT2D eigenvalue weighted by atomic mass is 10.2. The predicted octanol–water partition coefficient (Wildman–Crippen LogP) is 3.06. The maximum atomic E-state index is 14.5. The summed E-state index contributed by atoms with van der Waals surface area (Å²) in [5.41, 5.74) is -3.26. The van der Waals surface area contributed by atoms with E-state index in [1.165, 1.54) is 6.92 Å². The first kappa shape index (κ1) is 20.1. The Labute approximate surface area is 160 Å². The molecule has 0 bridgehead atoms. The van der Waals surface area contributed by atoms with Gasteiger partial charge in [0.25, 0.3) is 5.56 Å². The number of halogens is 5. The second-order valence-electron chi connectivity index (χ2n) is 5.59. The Hall–Kier alpha value is -2.60. The molecule has 28 heavy (non-hydrogen) atoms. The SMILES string of the molecule is CCS(=O)(=O)Nc1cc(-n2c(=O)cc(C(F)(F)F)n3ccnc23)c(F)cc1Cl. The second-order valence-corrected chi connectivity index (χ2v) is 8.01. The first-order chi connectivity index (χ1) is 12.9. The average molecular weight is 439 g/mol. The van der Waals surface area contributed by atoms with Crippen molar-refractivity contribution < 1.29 is 26.0 Å². The number of alkyl halides is 3. The standard InChI is InChI=1S/C15H11ClF4N4O3S/c1-2-28(26,27)22-10-6-11(9(17)5-8(10)16)24-13(25)7-12(15(18,19)20)23-4-3-21-14(23)24/h3-7,22H,2H2,1H3. The summed E-state index contributed by atoms with van der Waals surface area (Å²) in [6.45, 7) is 1.36. The van der Waals surface area contributed by atoms with Crippen molar-refractivity contribution in [1.29, 1.82) is 0 Å². The third-order valence-electron chi connectivity index (χ3n) is 3.77. The van der Waals surface area contributed by atoms with E-state index in [0.717, 1.165) is 24.5 Å². The molecule has 2 heterocycles. The van der Waals surface area contributed by atoms with Crippen LogP contribution in [0, 0.1) is 5.82 Å². The van der Waals surface area contributed by atoms with Crippen LogP contribution in [0.1, 0.15) is 12.6 Å². The van der Waals surface area contributed by atoms with Crippen LogP contribution in [0.25, 0.3) is 11.5 Å². The second kappa shape index (κ2) is 6.78. The molecule has 0 fully saturated rings. The summed E-state index contributed by atoms with van der Waals surface area (Å²) < 4.78 is 80.8. The monoisotopic (exact) mass is 438 g/mol. The summed E-state index contributed by atoms with van der Waals surface area (Å²) in [7, 11) is -3.79. The van der Waals surface area contributed by atoms with Crippen molar-refractivity contribution in [2.45, 2.75) is 13.1 Å². The van der Waals surface area contributed by atoms with Gasteiger partial charge < -0.3 is 0 Å². The highest BCUT2D eigenvalue weighted by molar-refractivity contribution is 7.92. The van der Waals surface area contributed by atoms with Crippen molar-refractivity contribution in [1.82, 2.24) is 14.0 Å². The van der Waals surface area contributed by atoms with E-state index in [2.05, 4.69) is 9.71 Å². The van der Waals surface area contributed by atoms with Crippen LogP contribution in [0.4, 0.5) is 23.2 Å². The number of imidazole rings is 1. The molecule has 0 spiro atoms. The van der Waals surface area contributed by atoms with Gasteiger partial charge in [-0.2, -0.15) is 13.2 Å². The van der Waals surface area contributed by atoms with Gasteiger partial charge in [0.15, 0.2) is 0 Å². The molecule has 7 nitrogen and oxygen atoms in total. The van der Waals surface area contributed by atoms with Crippen LogP contribution in [0.5, 0.6) is 0 Å². The minimum Gasteiger partial charge on any atom is -0.282 e. The van der Waals surface area contributed by atoms with Crippen LogP contribution in [0.2, 0.25) is 5.02 Å². The van der Waals surface area contributed by atoms with Crippen molar-refractivity contribution >= 4 is 33.1 Å². The maximum Gasteiger partial charge on any atom is 0.432 e. The molecule has 0 atom stereocenters. The molecule has 2 aromatic heterocycles. The summed E-state index contributed by atoms with van der Waals surface area (Å²) >= 11 is 5.85. The van der Waals surface area contributed by atoms with Gasteiger partial charge in [-0.1, -0.05) is 11.6 Å². The van der Waals surface area contributed by atoms with Crippen LogP contribution < -0.4 is 10.3 Å². The molecule has 0 saturated heterocycles. The number of benzene rings is 1. The molecular weight excluding hydrogens is 428 g/mol. The van der Waals surface area contributed by atoms with Crippen LogP contribution in [0.3, 0.4) is 0 Å². The van der Waals surface area contributed by atoms with Gasteiger partial charge in [0.2, 0.25) is 15.8 Å². The van der Waals surface area contributed by atoms with Crippen molar-refractivity contribution in [3.05, 3.63) is 57.5 Å². The zero-order valence-electron chi connectivity index (χ0n) is 14.0. The number of sulfonamides is 1. The van der Waals surface area contributed by atoms with Crippen molar-refractivity contribution in [3.8, 4) is 5.69 Å². The van der Waals surface area contributed by atoms with Crippen LogP contribution in [0.15, 0.2) is 35.4 Å². The first-order valence-corrected chi connectivity index (χ1v) is 9.64. The van der Waals surface area contributed by atoms with Crippen molar-refractivity contribution in [3.63, 3.8) is 0 Å². The molecule has 0 aliphatic heterocycles. The van der Waals surface area contributed by atoms with Crippen LogP contribution in [-0.4, -0.2) is 28.1 Å². The highest BCUT2D eigenvalue weighted by atomic mass is 35.5. The molecule has 0 saturated carbocycles. The highest BCUT2D eigenvalue weighted by Gasteiger charge is 2.35. The number of aromatic nitrogens is 3. The molecule has 13 heteroatoms. The number of anilines is 1. The van der Waals surface area contributed by atoms with E-state index in [4.69, 9.17) is 11.6 Å². The normalized spacial score (nSPS) is 12.5. The van der Waals surface area contributed by atoms with Crippen molar-refractivity contribution in [2.24, 2.45) is 0 Å². The third-order valence-corrected chi connectivity index (χ3v) is 5.38. The minimum atomic E-state index is -4.85. The van der Waals surface area contributed by atoms with E-state index >= 15 is 0 Å². The zero-order valence-corrected chi connectivity index (χ0v) is 15.5. The largest absolute Gasteiger partial charge is 0.432 e. The highest BCUT2D eigenvalue weighted by Crippen LogP contribution is 2.31. The quantitative estimate of drug-likeness (QED) is 0.634. The summed E-state index contributed by atoms with van der Waals surface area (Å²) in [6.07, 6.45) is -2.88. The Kier molecular flexibility index (Phi) is 4.88. The molecule has 0 radical (unpaired) electrons. The van der Waals surface area contributed by atoms with Gasteiger partial charge in [0, 0.05) is 18.5 Å². The maximum absolute atomic E-state index is 14.5. The fourth-order valence-electron chi connectivity index (χ4n) is 2.47. The van der Waals surface area contributed by atoms with Crippen LogP contribution >= 0.6 is 11.6 Å². The smallest absolute Gasteiger partial charge is 0.282 e. The molecule has 3 aromatic rings. The fraction of sp³-hybridized carbons (Fsp3) is 0.200. The van der Waals surface area contributed by atoms with Gasteiger partial charge in [0.05, 0.1) is 22.2 Å². The third kappa shape index (κ3) is 3.56. The number of hydrogen-bond donors (Lipinski definition) is 1. The average Bonchev–Trinajstić information content (AvgIpc) is 3.05. The van der Waals surface area contributed by atoms with Crippen molar-refractivity contribution in [2.75, 3.05) is 10.5 Å².